The van der Waals surface area contributed by atoms with E-state index in [1.54, 1.807) is 24.4 Å². The Bertz CT molecular complexity index is 569. The van der Waals surface area contributed by atoms with Crippen LogP contribution >= 0.6 is 0 Å². The van der Waals surface area contributed by atoms with Crippen LogP contribution in [-0.2, 0) is 11.2 Å². The van der Waals surface area contributed by atoms with E-state index in [1.165, 1.54) is 6.92 Å². The van der Waals surface area contributed by atoms with Gasteiger partial charge in [0.1, 0.15) is 0 Å². The minimum atomic E-state index is -0.876. The van der Waals surface area contributed by atoms with Crippen molar-refractivity contribution in [1.82, 2.24) is 4.98 Å². The average molecular weight is 217 g/mol. The van der Waals surface area contributed by atoms with Crippen molar-refractivity contribution in [2.45, 2.75) is 13.3 Å². The van der Waals surface area contributed by atoms with Gasteiger partial charge in [0.25, 0.3) is 0 Å². The molecular weight excluding hydrogens is 206 g/mol. The monoisotopic (exact) mass is 217 g/mol. The van der Waals surface area contributed by atoms with Crippen molar-refractivity contribution in [3.63, 3.8) is 0 Å². The molecule has 0 bridgehead atoms. The fourth-order valence-electron chi connectivity index (χ4n) is 1.74. The van der Waals surface area contributed by atoms with Gasteiger partial charge in [-0.05, 0) is 24.6 Å². The number of carbonyl (C=O) groups is 2. The Kier molecular flexibility index (Phi) is 2.48. The van der Waals surface area contributed by atoms with E-state index in [-0.39, 0.29) is 12.2 Å². The molecule has 0 saturated carbocycles. The van der Waals surface area contributed by atoms with E-state index in [4.69, 9.17) is 5.11 Å². The molecule has 0 aliphatic heterocycles. The molecule has 1 aromatic heterocycles. The number of rotatable bonds is 3. The number of aromatic nitrogens is 1. The number of carbonyl (C=O) groups excluding carboxylic acids is 1. The van der Waals surface area contributed by atoms with Gasteiger partial charge < -0.3 is 10.1 Å². The third kappa shape index (κ3) is 1.82. The topological polar surface area (TPSA) is 70.2 Å². The number of H-pyrrole nitrogens is 1. The lowest BCUT2D eigenvalue weighted by Crippen LogP contribution is -1.99. The third-order valence-electron chi connectivity index (χ3n) is 2.48. The van der Waals surface area contributed by atoms with Crippen LogP contribution in [0.1, 0.15) is 22.8 Å². The van der Waals surface area contributed by atoms with Crippen LogP contribution in [0.15, 0.2) is 24.4 Å². The van der Waals surface area contributed by atoms with Crippen LogP contribution in [0.5, 0.6) is 0 Å². The van der Waals surface area contributed by atoms with Crippen LogP contribution in [0.3, 0.4) is 0 Å². The summed E-state index contributed by atoms with van der Waals surface area (Å²) in [5.41, 5.74) is 2.14. The number of aromatic amines is 1. The summed E-state index contributed by atoms with van der Waals surface area (Å²) < 4.78 is 0. The molecule has 0 aliphatic carbocycles. The molecular formula is C12H11NO3. The molecule has 0 radical (unpaired) electrons. The normalized spacial score (nSPS) is 10.6. The molecule has 0 fully saturated rings. The predicted molar refractivity (Wildman–Crippen MR) is 59.6 cm³/mol. The Labute approximate surface area is 91.9 Å². The summed E-state index contributed by atoms with van der Waals surface area (Å²) in [6, 6.07) is 5.29. The summed E-state index contributed by atoms with van der Waals surface area (Å²) in [5, 5.41) is 9.48. The first-order chi connectivity index (χ1) is 7.58. The number of aliphatic carboxylic acids is 1. The quantitative estimate of drug-likeness (QED) is 0.772. The maximum absolute atomic E-state index is 11.3. The molecule has 4 nitrogen and oxygen atoms in total. The first-order valence-corrected chi connectivity index (χ1v) is 4.90. The highest BCUT2D eigenvalue weighted by atomic mass is 16.4. The number of carboxylic acids is 1. The van der Waals surface area contributed by atoms with Crippen molar-refractivity contribution in [3.8, 4) is 0 Å². The number of benzene rings is 1. The second-order valence-corrected chi connectivity index (χ2v) is 3.71. The molecule has 2 aromatic rings. The van der Waals surface area contributed by atoms with Crippen molar-refractivity contribution < 1.29 is 14.7 Å². The molecule has 1 aromatic carbocycles. The van der Waals surface area contributed by atoms with E-state index in [2.05, 4.69) is 4.98 Å². The summed E-state index contributed by atoms with van der Waals surface area (Å²) in [6.45, 7) is 1.49. The molecule has 2 rings (SSSR count). The van der Waals surface area contributed by atoms with Gasteiger partial charge in [0.2, 0.25) is 0 Å². The SMILES string of the molecule is CC(=O)c1c[nH]c2ccc(CC(=O)O)cc12. The van der Waals surface area contributed by atoms with Crippen LogP contribution in [0, 0.1) is 0 Å². The highest BCUT2D eigenvalue weighted by Crippen LogP contribution is 2.20. The molecule has 0 atom stereocenters. The number of carboxylic acid groups (broad SMARTS) is 1. The van der Waals surface area contributed by atoms with Gasteiger partial charge >= 0.3 is 5.97 Å². The van der Waals surface area contributed by atoms with Crippen LogP contribution < -0.4 is 0 Å². The van der Waals surface area contributed by atoms with E-state index >= 15 is 0 Å². The first-order valence-electron chi connectivity index (χ1n) is 4.90. The number of fused-ring (bicyclic) bond motifs is 1. The van der Waals surface area contributed by atoms with Gasteiger partial charge in [0.05, 0.1) is 6.42 Å². The molecule has 82 valence electrons. The van der Waals surface area contributed by atoms with Gasteiger partial charge in [0, 0.05) is 22.7 Å². The Morgan fingerprint density at radius 3 is 2.75 bits per heavy atom. The van der Waals surface area contributed by atoms with E-state index in [0.717, 1.165) is 10.9 Å². The van der Waals surface area contributed by atoms with Gasteiger partial charge in [-0.25, -0.2) is 0 Å². The minimum absolute atomic E-state index is 0.0290. The van der Waals surface area contributed by atoms with Crippen molar-refractivity contribution >= 4 is 22.7 Å². The third-order valence-corrected chi connectivity index (χ3v) is 2.48. The maximum atomic E-state index is 11.3. The Hall–Kier alpha value is -2.10. The van der Waals surface area contributed by atoms with E-state index < -0.39 is 5.97 Å². The number of hydrogen-bond acceptors (Lipinski definition) is 2. The summed E-state index contributed by atoms with van der Waals surface area (Å²) in [4.78, 5) is 24.9. The van der Waals surface area contributed by atoms with Crippen LogP contribution in [-0.4, -0.2) is 21.8 Å². The number of nitrogens with one attached hydrogen (secondary N) is 1. The molecule has 0 unspecified atom stereocenters. The second-order valence-electron chi connectivity index (χ2n) is 3.71. The van der Waals surface area contributed by atoms with Gasteiger partial charge in [0.15, 0.2) is 5.78 Å². The molecule has 2 N–H and O–H groups in total. The molecule has 0 saturated heterocycles. The lowest BCUT2D eigenvalue weighted by Gasteiger charge is -1.98. The smallest absolute Gasteiger partial charge is 0.307 e. The van der Waals surface area contributed by atoms with Crippen molar-refractivity contribution in [2.24, 2.45) is 0 Å². The van der Waals surface area contributed by atoms with Crippen molar-refractivity contribution in [1.29, 1.82) is 0 Å². The van der Waals surface area contributed by atoms with Crippen LogP contribution in [0.4, 0.5) is 0 Å². The number of ketones is 1. The lowest BCUT2D eigenvalue weighted by atomic mass is 10.1. The fourth-order valence-corrected chi connectivity index (χ4v) is 1.74. The molecule has 0 spiro atoms. The molecule has 0 amide bonds. The summed E-state index contributed by atoms with van der Waals surface area (Å²) >= 11 is 0. The molecule has 16 heavy (non-hydrogen) atoms. The standard InChI is InChI=1S/C12H11NO3/c1-7(14)10-6-13-11-3-2-8(4-9(10)11)5-12(15)16/h2-4,6,13H,5H2,1H3,(H,15,16). The predicted octanol–water partition coefficient (Wildman–Crippen LogP) is 2.00. The Morgan fingerprint density at radius 2 is 2.12 bits per heavy atom. The average Bonchev–Trinajstić information content (AvgIpc) is 2.59. The Balaban J connectivity index is 2.54. The van der Waals surface area contributed by atoms with Crippen LogP contribution in [0.25, 0.3) is 10.9 Å². The van der Waals surface area contributed by atoms with Crippen molar-refractivity contribution in [3.05, 3.63) is 35.5 Å². The summed E-state index contributed by atoms with van der Waals surface area (Å²) in [5.74, 6) is -0.905. The van der Waals surface area contributed by atoms with Gasteiger partial charge in [-0.1, -0.05) is 6.07 Å². The lowest BCUT2D eigenvalue weighted by molar-refractivity contribution is -0.136. The maximum Gasteiger partial charge on any atom is 0.307 e. The minimum Gasteiger partial charge on any atom is -0.481 e. The highest BCUT2D eigenvalue weighted by molar-refractivity contribution is 6.06. The van der Waals surface area contributed by atoms with Crippen LogP contribution in [0.2, 0.25) is 0 Å². The Morgan fingerprint density at radius 1 is 1.38 bits per heavy atom. The second kappa shape index (κ2) is 3.81. The zero-order valence-electron chi connectivity index (χ0n) is 8.78. The fraction of sp³-hybridized carbons (Fsp3) is 0.167. The van der Waals surface area contributed by atoms with E-state index in [9.17, 15) is 9.59 Å². The molecule has 4 heteroatoms. The first kappa shape index (κ1) is 10.4. The van der Waals surface area contributed by atoms with Gasteiger partial charge in [-0.15, -0.1) is 0 Å². The number of Topliss-reactive ketones (excluding diaryl/α,β-unsaturated/α-hetero) is 1. The van der Waals surface area contributed by atoms with Crippen molar-refractivity contribution in [2.75, 3.05) is 0 Å². The number of hydrogen-bond donors (Lipinski definition) is 2. The zero-order chi connectivity index (χ0) is 11.7. The van der Waals surface area contributed by atoms with Gasteiger partial charge in [-0.3, -0.25) is 9.59 Å². The zero-order valence-corrected chi connectivity index (χ0v) is 8.78. The molecule has 0 aliphatic rings. The summed E-state index contributed by atoms with van der Waals surface area (Å²) in [7, 11) is 0. The van der Waals surface area contributed by atoms with Gasteiger partial charge in [-0.2, -0.15) is 0 Å². The van der Waals surface area contributed by atoms with E-state index in [0.29, 0.717) is 11.1 Å². The largest absolute Gasteiger partial charge is 0.481 e. The highest BCUT2D eigenvalue weighted by Gasteiger charge is 2.09. The van der Waals surface area contributed by atoms with E-state index in [1.807, 2.05) is 0 Å². The molecule has 1 heterocycles. The summed E-state index contributed by atoms with van der Waals surface area (Å²) in [6.07, 6.45) is 1.62.